The second kappa shape index (κ2) is 3.64. The minimum absolute atomic E-state index is 0.0703. The zero-order chi connectivity index (χ0) is 8.27. The highest BCUT2D eigenvalue weighted by molar-refractivity contribution is 7.70. The molecule has 0 saturated heterocycles. The SMILES string of the molecule is CN(C)C=Nc1cc(=O)ss1. The maximum atomic E-state index is 10.7. The Balaban J connectivity index is 2.72. The summed E-state index contributed by atoms with van der Waals surface area (Å²) >= 11 is 0. The standard InChI is InChI=1S/C6H8N2OS2/c1-8(2)4-7-5-3-6(9)11-10-5/h3-4H,1-2H3. The van der Waals surface area contributed by atoms with Crippen LogP contribution in [0.2, 0.25) is 0 Å². The van der Waals surface area contributed by atoms with Crippen molar-refractivity contribution in [2.24, 2.45) is 4.99 Å². The smallest absolute Gasteiger partial charge is 0.245 e. The Labute approximate surface area is 72.0 Å². The first-order chi connectivity index (χ1) is 5.18. The van der Waals surface area contributed by atoms with Crippen LogP contribution in [0.4, 0.5) is 5.00 Å². The van der Waals surface area contributed by atoms with E-state index in [1.54, 1.807) is 6.34 Å². The van der Waals surface area contributed by atoms with Crippen LogP contribution in [0.3, 0.4) is 0 Å². The van der Waals surface area contributed by atoms with Crippen LogP contribution in [0.5, 0.6) is 0 Å². The van der Waals surface area contributed by atoms with Crippen molar-refractivity contribution >= 4 is 32.0 Å². The van der Waals surface area contributed by atoms with E-state index in [4.69, 9.17) is 0 Å². The van der Waals surface area contributed by atoms with E-state index in [9.17, 15) is 4.79 Å². The topological polar surface area (TPSA) is 32.7 Å². The van der Waals surface area contributed by atoms with E-state index in [0.717, 1.165) is 5.00 Å². The summed E-state index contributed by atoms with van der Waals surface area (Å²) in [7, 11) is 6.38. The normalized spacial score (nSPS) is 10.7. The van der Waals surface area contributed by atoms with E-state index in [1.807, 2.05) is 19.0 Å². The first kappa shape index (κ1) is 8.42. The van der Waals surface area contributed by atoms with Crippen LogP contribution in [0.25, 0.3) is 0 Å². The lowest BCUT2D eigenvalue weighted by atomic mass is 10.7. The molecule has 11 heavy (non-hydrogen) atoms. The van der Waals surface area contributed by atoms with Gasteiger partial charge in [0.25, 0.3) is 0 Å². The van der Waals surface area contributed by atoms with Gasteiger partial charge >= 0.3 is 0 Å². The van der Waals surface area contributed by atoms with Gasteiger partial charge in [-0.1, -0.05) is 10.3 Å². The predicted molar refractivity (Wildman–Crippen MR) is 50.3 cm³/mol. The molecule has 0 aliphatic heterocycles. The van der Waals surface area contributed by atoms with Crippen LogP contribution in [0.15, 0.2) is 15.9 Å². The summed E-state index contributed by atoms with van der Waals surface area (Å²) in [6.45, 7) is 0. The Morgan fingerprint density at radius 3 is 2.73 bits per heavy atom. The molecule has 1 heterocycles. The van der Waals surface area contributed by atoms with Gasteiger partial charge in [0.05, 0.1) is 6.34 Å². The third-order valence-electron chi connectivity index (χ3n) is 0.866. The molecule has 0 unspecified atom stereocenters. The molecule has 0 spiro atoms. The molecule has 0 aliphatic carbocycles. The van der Waals surface area contributed by atoms with Crippen molar-refractivity contribution in [3.63, 3.8) is 0 Å². The third-order valence-corrected chi connectivity index (χ3v) is 2.88. The van der Waals surface area contributed by atoms with Crippen LogP contribution in [0.1, 0.15) is 0 Å². The molecule has 60 valence electrons. The average Bonchev–Trinajstić information content (AvgIpc) is 2.31. The molecule has 1 aromatic heterocycles. The van der Waals surface area contributed by atoms with E-state index in [0.29, 0.717) is 0 Å². The van der Waals surface area contributed by atoms with Crippen molar-refractivity contribution in [3.8, 4) is 0 Å². The third kappa shape index (κ3) is 2.81. The van der Waals surface area contributed by atoms with Crippen LogP contribution >= 0.6 is 20.7 Å². The monoisotopic (exact) mass is 188 g/mol. The van der Waals surface area contributed by atoms with Crippen molar-refractivity contribution in [1.82, 2.24) is 4.90 Å². The Morgan fingerprint density at radius 1 is 1.55 bits per heavy atom. The summed E-state index contributed by atoms with van der Waals surface area (Å²) in [5, 5.41) is 0.772. The Kier molecular flexibility index (Phi) is 2.78. The fourth-order valence-corrected chi connectivity index (χ4v) is 2.03. The fourth-order valence-electron chi connectivity index (χ4n) is 0.464. The number of rotatable bonds is 2. The summed E-state index contributed by atoms with van der Waals surface area (Å²) < 4.78 is 0.0703. The number of hydrogen-bond acceptors (Lipinski definition) is 4. The molecule has 0 amide bonds. The van der Waals surface area contributed by atoms with Gasteiger partial charge in [0.2, 0.25) is 4.74 Å². The van der Waals surface area contributed by atoms with Gasteiger partial charge in [-0.3, -0.25) is 4.79 Å². The van der Waals surface area contributed by atoms with Gasteiger partial charge in [0.15, 0.2) is 0 Å². The van der Waals surface area contributed by atoms with E-state index >= 15 is 0 Å². The quantitative estimate of drug-likeness (QED) is 0.399. The first-order valence-corrected chi connectivity index (χ1v) is 5.14. The highest BCUT2D eigenvalue weighted by Crippen LogP contribution is 2.19. The number of aliphatic imine (C=N–C) groups is 1. The van der Waals surface area contributed by atoms with Crippen LogP contribution < -0.4 is 4.74 Å². The summed E-state index contributed by atoms with van der Waals surface area (Å²) in [6, 6.07) is 1.54. The van der Waals surface area contributed by atoms with Gasteiger partial charge in [-0.15, -0.1) is 0 Å². The number of hydrogen-bond donors (Lipinski definition) is 0. The molecule has 0 N–H and O–H groups in total. The highest BCUT2D eigenvalue weighted by atomic mass is 32.9. The van der Waals surface area contributed by atoms with Crippen molar-refractivity contribution in [2.75, 3.05) is 14.1 Å². The Bertz CT molecular complexity index is 300. The molecule has 1 aromatic rings. The summed E-state index contributed by atoms with van der Waals surface area (Å²) in [5.74, 6) is 0. The van der Waals surface area contributed by atoms with Gasteiger partial charge in [0, 0.05) is 20.2 Å². The minimum Gasteiger partial charge on any atom is -0.369 e. The van der Waals surface area contributed by atoms with Crippen LogP contribution in [-0.2, 0) is 0 Å². The second-order valence-corrected chi connectivity index (χ2v) is 4.33. The first-order valence-electron chi connectivity index (χ1n) is 2.99. The van der Waals surface area contributed by atoms with Gasteiger partial charge < -0.3 is 4.90 Å². The molecular weight excluding hydrogens is 180 g/mol. The molecule has 0 radical (unpaired) electrons. The van der Waals surface area contributed by atoms with Gasteiger partial charge in [-0.25, -0.2) is 4.99 Å². The zero-order valence-corrected chi connectivity index (χ0v) is 7.91. The lowest BCUT2D eigenvalue weighted by molar-refractivity contribution is 0.643. The molecule has 0 aromatic carbocycles. The summed E-state index contributed by atoms with van der Waals surface area (Å²) in [6.07, 6.45) is 1.68. The lowest BCUT2D eigenvalue weighted by Crippen LogP contribution is -2.06. The summed E-state index contributed by atoms with van der Waals surface area (Å²) in [5.41, 5.74) is 0. The zero-order valence-electron chi connectivity index (χ0n) is 6.27. The van der Waals surface area contributed by atoms with Gasteiger partial charge in [-0.05, 0) is 10.3 Å². The average molecular weight is 188 g/mol. The highest BCUT2D eigenvalue weighted by Gasteiger charge is 1.92. The Hall–Kier alpha value is -0.680. The summed E-state index contributed by atoms with van der Waals surface area (Å²) in [4.78, 5) is 16.6. The van der Waals surface area contributed by atoms with Crippen molar-refractivity contribution < 1.29 is 0 Å². The van der Waals surface area contributed by atoms with E-state index in [2.05, 4.69) is 4.99 Å². The van der Waals surface area contributed by atoms with Crippen molar-refractivity contribution in [1.29, 1.82) is 0 Å². The molecular formula is C6H8N2OS2. The van der Waals surface area contributed by atoms with Gasteiger partial charge in [-0.2, -0.15) is 0 Å². The molecule has 0 saturated carbocycles. The molecule has 3 nitrogen and oxygen atoms in total. The Morgan fingerprint density at radius 2 is 2.27 bits per heavy atom. The molecule has 0 aliphatic rings. The molecule has 0 fully saturated rings. The van der Waals surface area contributed by atoms with Gasteiger partial charge in [0.1, 0.15) is 5.00 Å². The predicted octanol–water partition coefficient (Wildman–Crippen LogP) is 1.39. The molecule has 0 bridgehead atoms. The maximum absolute atomic E-state index is 10.7. The molecule has 1 rings (SSSR count). The van der Waals surface area contributed by atoms with Crippen LogP contribution in [-0.4, -0.2) is 25.3 Å². The van der Waals surface area contributed by atoms with Crippen LogP contribution in [0, 0.1) is 0 Å². The maximum Gasteiger partial charge on any atom is 0.245 e. The number of nitrogens with zero attached hydrogens (tertiary/aromatic N) is 2. The van der Waals surface area contributed by atoms with Crippen molar-refractivity contribution in [2.45, 2.75) is 0 Å². The van der Waals surface area contributed by atoms with E-state index in [-0.39, 0.29) is 4.74 Å². The molecule has 5 heteroatoms. The van der Waals surface area contributed by atoms with Crippen molar-refractivity contribution in [3.05, 3.63) is 15.6 Å². The second-order valence-electron chi connectivity index (χ2n) is 2.18. The lowest BCUT2D eigenvalue weighted by Gasteiger charge is -1.99. The molecule has 0 atom stereocenters. The van der Waals surface area contributed by atoms with E-state index in [1.165, 1.54) is 26.7 Å². The fraction of sp³-hybridized carbons (Fsp3) is 0.333. The van der Waals surface area contributed by atoms with E-state index < -0.39 is 0 Å². The minimum atomic E-state index is 0.0703. The largest absolute Gasteiger partial charge is 0.369 e.